The van der Waals surface area contributed by atoms with Crippen molar-refractivity contribution in [2.75, 3.05) is 27.0 Å². The van der Waals surface area contributed by atoms with Crippen LogP contribution in [0.1, 0.15) is 12.8 Å². The standard InChI is InChI=1S/C7H14BO4P.C6H10BO2.Y/c1-11-3-6-5(4-13(9)10)2-7(8)12-6;1-4-5(8-2)3-6(7)9-4;/h5-7,13H,2-4H2,1H3,(H,9,10);4-6H,1,3H2,2H3;/q;-1;/p-1. The van der Waals surface area contributed by atoms with E-state index in [0.29, 0.717) is 13.0 Å². The molecule has 2 aliphatic rings. The van der Waals surface area contributed by atoms with E-state index in [4.69, 9.17) is 34.6 Å². The van der Waals surface area contributed by atoms with Gasteiger partial charge in [0.25, 0.3) is 0 Å². The van der Waals surface area contributed by atoms with Crippen molar-refractivity contribution in [3.05, 3.63) is 6.92 Å². The molecule has 10 heteroatoms. The first-order valence-electron chi connectivity index (χ1n) is 7.24. The molecule has 23 heavy (non-hydrogen) atoms. The Bertz CT molecular complexity index is 354. The van der Waals surface area contributed by atoms with Gasteiger partial charge >= 0.3 is 0 Å². The fraction of sp³-hybridized carbons (Fsp3) is 0.923. The Balaban J connectivity index is 0.000000427. The van der Waals surface area contributed by atoms with Gasteiger partial charge in [-0.05, 0) is 31.0 Å². The predicted octanol–water partition coefficient (Wildman–Crippen LogP) is -0.516. The van der Waals surface area contributed by atoms with Gasteiger partial charge < -0.3 is 35.3 Å². The Morgan fingerprint density at radius 2 is 1.87 bits per heavy atom. The van der Waals surface area contributed by atoms with E-state index in [1.165, 1.54) is 0 Å². The summed E-state index contributed by atoms with van der Waals surface area (Å²) in [5, 5.41) is 0. The zero-order chi connectivity index (χ0) is 16.7. The first-order valence-corrected chi connectivity index (χ1v) is 8.76. The van der Waals surface area contributed by atoms with Gasteiger partial charge in [-0.3, -0.25) is 0 Å². The van der Waals surface area contributed by atoms with Gasteiger partial charge in [0, 0.05) is 67.0 Å². The Labute approximate surface area is 167 Å². The number of hydrogen-bond donors (Lipinski definition) is 0. The van der Waals surface area contributed by atoms with Crippen LogP contribution in [0.2, 0.25) is 0 Å². The molecule has 0 aromatic rings. The summed E-state index contributed by atoms with van der Waals surface area (Å²) in [6.45, 7) is 4.12. The van der Waals surface area contributed by atoms with Crippen LogP contribution in [0.25, 0.3) is 0 Å². The van der Waals surface area contributed by atoms with Crippen LogP contribution in [-0.4, -0.2) is 73.0 Å². The summed E-state index contributed by atoms with van der Waals surface area (Å²) in [4.78, 5) is 10.5. The fourth-order valence-electron chi connectivity index (χ4n) is 2.61. The Hall–Kier alpha value is 1.26. The van der Waals surface area contributed by atoms with E-state index in [0.717, 1.165) is 6.42 Å². The van der Waals surface area contributed by atoms with E-state index in [1.807, 2.05) is 0 Å². The average molecular weight is 417 g/mol. The van der Waals surface area contributed by atoms with Crippen LogP contribution in [0.4, 0.5) is 0 Å². The normalized spacial score (nSPS) is 37.6. The zero-order valence-electron chi connectivity index (χ0n) is 13.7. The summed E-state index contributed by atoms with van der Waals surface area (Å²) >= 11 is 0. The smallest absolute Gasteiger partial charge is 0.109 e. The van der Waals surface area contributed by atoms with Gasteiger partial charge in [0.05, 0.1) is 18.8 Å². The van der Waals surface area contributed by atoms with Crippen molar-refractivity contribution in [2.24, 2.45) is 5.92 Å². The SMILES string of the molecule is [B]C1CC(C[PH](=O)[O-])C(COC)O1.[B]C1CC(OC)C([CH2-])O1.[Y]. The maximum atomic E-state index is 10.5. The van der Waals surface area contributed by atoms with Crippen molar-refractivity contribution in [1.82, 2.24) is 0 Å². The van der Waals surface area contributed by atoms with Crippen LogP contribution < -0.4 is 4.89 Å². The first-order chi connectivity index (χ1) is 10.4. The molecule has 0 spiro atoms. The number of rotatable bonds is 5. The molecule has 0 amide bonds. The molecule has 2 heterocycles. The molecule has 127 valence electrons. The van der Waals surface area contributed by atoms with E-state index in [-0.39, 0.29) is 75.1 Å². The third-order valence-corrected chi connectivity index (χ3v) is 4.56. The van der Waals surface area contributed by atoms with E-state index in [2.05, 4.69) is 6.92 Å². The quantitative estimate of drug-likeness (QED) is 0.341. The van der Waals surface area contributed by atoms with Crippen LogP contribution in [0.15, 0.2) is 0 Å². The molecule has 0 aliphatic carbocycles. The molecule has 0 aromatic carbocycles. The summed E-state index contributed by atoms with van der Waals surface area (Å²) in [6, 6.07) is -0.524. The Kier molecular flexibility index (Phi) is 13.3. The van der Waals surface area contributed by atoms with E-state index in [1.54, 1.807) is 14.2 Å². The molecule has 2 aliphatic heterocycles. The summed E-state index contributed by atoms with van der Waals surface area (Å²) in [5.74, 6) is -0.00108. The van der Waals surface area contributed by atoms with Gasteiger partial charge in [-0.15, -0.1) is 0 Å². The average Bonchev–Trinajstić information content (AvgIpc) is 2.92. The second-order valence-electron chi connectivity index (χ2n) is 5.46. The van der Waals surface area contributed by atoms with E-state index >= 15 is 0 Å². The molecule has 2 saturated heterocycles. The minimum Gasteiger partial charge on any atom is -0.802 e. The maximum absolute atomic E-state index is 10.5. The van der Waals surface area contributed by atoms with E-state index < -0.39 is 8.03 Å². The molecule has 7 atom stereocenters. The summed E-state index contributed by atoms with van der Waals surface area (Å²) in [7, 11) is 11.5. The topological polar surface area (TPSA) is 77.1 Å². The minimum atomic E-state index is -2.68. The van der Waals surface area contributed by atoms with Crippen LogP contribution >= 0.6 is 8.03 Å². The van der Waals surface area contributed by atoms with Gasteiger partial charge in [-0.2, -0.15) is 0 Å². The molecular formula is C13H23B2O6PY-2. The van der Waals surface area contributed by atoms with Gasteiger partial charge in [0.15, 0.2) is 0 Å². The van der Waals surface area contributed by atoms with Crippen molar-refractivity contribution in [1.29, 1.82) is 0 Å². The van der Waals surface area contributed by atoms with Gasteiger partial charge in [-0.1, -0.05) is 0 Å². The first kappa shape index (κ1) is 24.3. The molecule has 0 bridgehead atoms. The summed E-state index contributed by atoms with van der Waals surface area (Å²) < 4.78 is 30.9. The van der Waals surface area contributed by atoms with Gasteiger partial charge in [0.1, 0.15) is 15.7 Å². The van der Waals surface area contributed by atoms with Crippen LogP contribution in [0.3, 0.4) is 0 Å². The van der Waals surface area contributed by atoms with Crippen molar-refractivity contribution in [3.8, 4) is 0 Å². The fourth-order valence-corrected chi connectivity index (χ4v) is 3.46. The molecular weight excluding hydrogens is 394 g/mol. The third kappa shape index (κ3) is 8.96. The molecule has 0 aromatic heterocycles. The summed E-state index contributed by atoms with van der Waals surface area (Å²) in [5.41, 5.74) is 0. The number of methoxy groups -OCH3 is 2. The van der Waals surface area contributed by atoms with Crippen LogP contribution in [-0.2, 0) is 56.2 Å². The molecule has 6 nitrogen and oxygen atoms in total. The van der Waals surface area contributed by atoms with Crippen molar-refractivity contribution in [2.45, 2.75) is 43.2 Å². The molecule has 2 fully saturated rings. The van der Waals surface area contributed by atoms with Crippen molar-refractivity contribution in [3.63, 3.8) is 0 Å². The minimum absolute atomic E-state index is 0. The molecule has 2 rings (SSSR count). The molecule has 5 radical (unpaired) electrons. The summed E-state index contributed by atoms with van der Waals surface area (Å²) in [6.07, 6.45) is 1.36. The second kappa shape index (κ2) is 12.6. The van der Waals surface area contributed by atoms with Gasteiger partial charge in [0.2, 0.25) is 0 Å². The Morgan fingerprint density at radius 3 is 2.26 bits per heavy atom. The van der Waals surface area contributed by atoms with Crippen molar-refractivity contribution >= 4 is 23.7 Å². The zero-order valence-corrected chi connectivity index (χ0v) is 17.5. The monoisotopic (exact) mass is 417 g/mol. The van der Waals surface area contributed by atoms with E-state index in [9.17, 15) is 9.46 Å². The van der Waals surface area contributed by atoms with Gasteiger partial charge in [-0.25, -0.2) is 0 Å². The number of ether oxygens (including phenoxy) is 4. The number of hydrogen-bond acceptors (Lipinski definition) is 6. The van der Waals surface area contributed by atoms with Crippen LogP contribution in [0, 0.1) is 12.8 Å². The molecule has 0 N–H and O–H groups in total. The second-order valence-corrected chi connectivity index (χ2v) is 6.62. The maximum Gasteiger partial charge on any atom is 0.109 e. The van der Waals surface area contributed by atoms with Crippen molar-refractivity contribution < 1.29 is 61.1 Å². The largest absolute Gasteiger partial charge is 0.802 e. The third-order valence-electron chi connectivity index (χ3n) is 3.70. The molecule has 7 unspecified atom stereocenters. The predicted molar refractivity (Wildman–Crippen MR) is 83.5 cm³/mol. The van der Waals surface area contributed by atoms with Crippen LogP contribution in [0.5, 0.6) is 0 Å². The Morgan fingerprint density at radius 1 is 1.26 bits per heavy atom. The molecule has 0 saturated carbocycles.